The van der Waals surface area contributed by atoms with E-state index in [9.17, 15) is 13.2 Å². The van der Waals surface area contributed by atoms with Crippen molar-refractivity contribution in [2.24, 2.45) is 5.73 Å². The van der Waals surface area contributed by atoms with Gasteiger partial charge in [-0.05, 0) is 52.2 Å². The number of fused-ring (bicyclic) bond motifs is 2. The van der Waals surface area contributed by atoms with Crippen LogP contribution in [-0.4, -0.2) is 28.1 Å². The summed E-state index contributed by atoms with van der Waals surface area (Å²) >= 11 is 0. The summed E-state index contributed by atoms with van der Waals surface area (Å²) in [5, 5.41) is 6.53. The van der Waals surface area contributed by atoms with Crippen LogP contribution in [0.5, 0.6) is 0 Å². The van der Waals surface area contributed by atoms with E-state index in [1.165, 1.54) is 0 Å². The topological polar surface area (TPSA) is 149 Å². The first-order valence-corrected chi connectivity index (χ1v) is 13.9. The van der Waals surface area contributed by atoms with Crippen molar-refractivity contribution in [3.8, 4) is 11.5 Å². The van der Waals surface area contributed by atoms with Gasteiger partial charge in [-0.15, -0.1) is 0 Å². The molecule has 0 atom stereocenters. The lowest BCUT2D eigenvalue weighted by molar-refractivity contribution is 0.387. The molecule has 0 aliphatic rings. The third-order valence-corrected chi connectivity index (χ3v) is 7.70. The summed E-state index contributed by atoms with van der Waals surface area (Å²) < 4.78 is 35.5. The van der Waals surface area contributed by atoms with Gasteiger partial charge in [0.1, 0.15) is 5.65 Å². The molecule has 0 saturated carbocycles. The molecule has 39 heavy (non-hydrogen) atoms. The zero-order valence-corrected chi connectivity index (χ0v) is 21.5. The molecule has 196 valence electrons. The second-order valence-electron chi connectivity index (χ2n) is 9.18. The van der Waals surface area contributed by atoms with Crippen molar-refractivity contribution in [1.82, 2.24) is 19.7 Å². The summed E-state index contributed by atoms with van der Waals surface area (Å²) in [6.45, 7) is 0.572. The molecule has 10 nitrogen and oxygen atoms in total. The highest BCUT2D eigenvalue weighted by atomic mass is 32.2. The van der Waals surface area contributed by atoms with E-state index in [2.05, 4.69) is 14.9 Å². The van der Waals surface area contributed by atoms with Crippen LogP contribution in [-0.2, 0) is 28.9 Å². The van der Waals surface area contributed by atoms with Crippen LogP contribution < -0.4 is 16.2 Å². The highest BCUT2D eigenvalue weighted by Gasteiger charge is 2.19. The number of nitrogens with zero attached hydrogens (tertiary/aromatic N) is 3. The van der Waals surface area contributed by atoms with Crippen LogP contribution in [0.4, 0.5) is 5.69 Å². The van der Waals surface area contributed by atoms with Crippen molar-refractivity contribution in [1.29, 1.82) is 0 Å². The maximum Gasteiger partial charge on any atom is 0.439 e. The lowest BCUT2D eigenvalue weighted by atomic mass is 10.0. The van der Waals surface area contributed by atoms with Crippen molar-refractivity contribution >= 4 is 37.5 Å². The minimum absolute atomic E-state index is 0.145. The van der Waals surface area contributed by atoms with Crippen molar-refractivity contribution in [2.75, 3.05) is 4.72 Å². The lowest BCUT2D eigenvalue weighted by Gasteiger charge is -2.15. The minimum atomic E-state index is -3.67. The van der Waals surface area contributed by atoms with E-state index in [1.807, 2.05) is 77.4 Å². The number of benzene rings is 3. The predicted molar refractivity (Wildman–Crippen MR) is 149 cm³/mol. The van der Waals surface area contributed by atoms with Gasteiger partial charge in [-0.25, -0.2) is 18.2 Å². The van der Waals surface area contributed by atoms with E-state index in [-0.39, 0.29) is 18.1 Å². The fourth-order valence-corrected chi connectivity index (χ4v) is 5.92. The van der Waals surface area contributed by atoms with E-state index < -0.39 is 15.8 Å². The van der Waals surface area contributed by atoms with Gasteiger partial charge in [0.2, 0.25) is 10.0 Å². The molecule has 0 fully saturated rings. The quantitative estimate of drug-likeness (QED) is 0.264. The van der Waals surface area contributed by atoms with E-state index in [4.69, 9.17) is 15.2 Å². The van der Waals surface area contributed by atoms with Crippen LogP contribution in [0, 0.1) is 0 Å². The second kappa shape index (κ2) is 9.86. The number of aromatic amines is 1. The fourth-order valence-electron chi connectivity index (χ4n) is 4.74. The first-order chi connectivity index (χ1) is 18.9. The monoisotopic (exact) mass is 540 g/mol. The molecule has 3 aromatic carbocycles. The Kier molecular flexibility index (Phi) is 6.21. The van der Waals surface area contributed by atoms with E-state index in [0.29, 0.717) is 34.8 Å². The smallest absolute Gasteiger partial charge is 0.325 e. The average Bonchev–Trinajstić information content (AvgIpc) is 3.51. The summed E-state index contributed by atoms with van der Waals surface area (Å²) in [6.07, 6.45) is 0. The molecule has 0 saturated heterocycles. The Morgan fingerprint density at radius 3 is 2.51 bits per heavy atom. The van der Waals surface area contributed by atoms with Gasteiger partial charge in [0, 0.05) is 17.6 Å². The SMILES string of the molecule is NCc1ccc2cc(-c3noc(=O)[nH]3)n(Cc3cc(NS(=O)(=O)Cc4ccccc4)cc4ccccc34)c2n1. The number of hydrogen-bond acceptors (Lipinski definition) is 7. The number of H-pyrrole nitrogens is 1. The number of rotatable bonds is 8. The van der Waals surface area contributed by atoms with Crippen LogP contribution in [0.1, 0.15) is 16.8 Å². The molecule has 0 bridgehead atoms. The molecule has 3 aromatic heterocycles. The maximum atomic E-state index is 13.0. The standard InChI is InChI=1S/C28H24N6O4S/c29-15-22-11-10-20-14-25(26-31-28(35)38-32-26)34(27(20)30-22)16-21-13-23(12-19-8-4-5-9-24(19)21)33-39(36,37)17-18-6-2-1-3-7-18/h1-14,33H,15-17,29H2,(H,31,32,35). The molecule has 0 aliphatic carbocycles. The van der Waals surface area contributed by atoms with Crippen LogP contribution in [0.25, 0.3) is 33.3 Å². The number of sulfonamides is 1. The van der Waals surface area contributed by atoms with E-state index in [0.717, 1.165) is 21.7 Å². The second-order valence-corrected chi connectivity index (χ2v) is 10.9. The largest absolute Gasteiger partial charge is 0.439 e. The molecular formula is C28H24N6O4S. The number of anilines is 1. The van der Waals surface area contributed by atoms with Crippen molar-refractivity contribution in [2.45, 2.75) is 18.8 Å². The van der Waals surface area contributed by atoms with Crippen molar-refractivity contribution in [3.05, 3.63) is 112 Å². The predicted octanol–water partition coefficient (Wildman–Crippen LogP) is 3.98. The van der Waals surface area contributed by atoms with Crippen molar-refractivity contribution in [3.63, 3.8) is 0 Å². The van der Waals surface area contributed by atoms with Gasteiger partial charge in [0.25, 0.3) is 0 Å². The summed E-state index contributed by atoms with van der Waals surface area (Å²) in [5.41, 5.74) is 9.79. The zero-order valence-electron chi connectivity index (χ0n) is 20.7. The minimum Gasteiger partial charge on any atom is -0.325 e. The zero-order chi connectivity index (χ0) is 27.0. The van der Waals surface area contributed by atoms with Gasteiger partial charge in [-0.1, -0.05) is 59.8 Å². The normalized spacial score (nSPS) is 11.8. The summed E-state index contributed by atoms with van der Waals surface area (Å²) in [5.74, 6) is -0.553. The Labute approximate surface area is 223 Å². The Morgan fingerprint density at radius 1 is 0.949 bits per heavy atom. The summed E-state index contributed by atoms with van der Waals surface area (Å²) in [7, 11) is -3.67. The lowest BCUT2D eigenvalue weighted by Crippen LogP contribution is -2.15. The Balaban J connectivity index is 1.46. The maximum absolute atomic E-state index is 13.0. The molecule has 0 spiro atoms. The highest BCUT2D eigenvalue weighted by molar-refractivity contribution is 7.91. The molecule has 4 N–H and O–H groups in total. The molecule has 6 rings (SSSR count). The van der Waals surface area contributed by atoms with Crippen LogP contribution in [0.3, 0.4) is 0 Å². The Hall–Kier alpha value is -4.74. The summed E-state index contributed by atoms with van der Waals surface area (Å²) in [6, 6.07) is 26.0. The highest BCUT2D eigenvalue weighted by Crippen LogP contribution is 2.30. The van der Waals surface area contributed by atoms with Crippen LogP contribution >= 0.6 is 0 Å². The first kappa shape index (κ1) is 24.6. The first-order valence-electron chi connectivity index (χ1n) is 12.2. The number of nitrogens with one attached hydrogen (secondary N) is 2. The van der Waals surface area contributed by atoms with Crippen molar-refractivity contribution < 1.29 is 12.9 Å². The van der Waals surface area contributed by atoms with E-state index >= 15 is 0 Å². The van der Waals surface area contributed by atoms with Gasteiger partial charge in [0.15, 0.2) is 5.82 Å². The van der Waals surface area contributed by atoms with Gasteiger partial charge < -0.3 is 10.3 Å². The number of hydrogen-bond donors (Lipinski definition) is 3. The van der Waals surface area contributed by atoms with Gasteiger partial charge in [-0.3, -0.25) is 14.2 Å². The molecule has 0 amide bonds. The van der Waals surface area contributed by atoms with Gasteiger partial charge in [-0.2, -0.15) is 0 Å². The van der Waals surface area contributed by atoms with Crippen LogP contribution in [0.2, 0.25) is 0 Å². The molecule has 11 heteroatoms. The molecule has 6 aromatic rings. The fraction of sp³-hybridized carbons (Fsp3) is 0.107. The average molecular weight is 541 g/mol. The molecule has 3 heterocycles. The number of nitrogens with two attached hydrogens (primary N) is 1. The molecule has 0 unspecified atom stereocenters. The van der Waals surface area contributed by atoms with Gasteiger partial charge in [0.05, 0.1) is 23.7 Å². The molecule has 0 aliphatic heterocycles. The van der Waals surface area contributed by atoms with Crippen LogP contribution in [0.15, 0.2) is 94.2 Å². The third-order valence-electron chi connectivity index (χ3n) is 6.44. The number of aromatic nitrogens is 4. The molecule has 0 radical (unpaired) electrons. The third kappa shape index (κ3) is 5.05. The summed E-state index contributed by atoms with van der Waals surface area (Å²) in [4.78, 5) is 19.1. The Bertz CT molecular complexity index is 1980. The Morgan fingerprint density at radius 2 is 1.74 bits per heavy atom. The van der Waals surface area contributed by atoms with E-state index in [1.54, 1.807) is 12.1 Å². The van der Waals surface area contributed by atoms with Gasteiger partial charge >= 0.3 is 5.76 Å². The molecular weight excluding hydrogens is 516 g/mol. The number of pyridine rings is 1.